The van der Waals surface area contributed by atoms with Gasteiger partial charge in [0.2, 0.25) is 0 Å². The van der Waals surface area contributed by atoms with Gasteiger partial charge in [-0.15, -0.1) is 0 Å². The molecule has 2 aromatic rings. The Hall–Kier alpha value is -1.71. The standard InChI is InChI=1S/C16H18ClNO2/c1-11(18)16(12-7-3-4-8-13(12)17)20-15-10-6-5-9-14(15)19-2/h3-11,16H,18H2,1-2H3. The molecule has 0 fully saturated rings. The van der Waals surface area contributed by atoms with Crippen molar-refractivity contribution in [1.29, 1.82) is 0 Å². The summed E-state index contributed by atoms with van der Waals surface area (Å²) < 4.78 is 11.3. The minimum Gasteiger partial charge on any atom is -0.493 e. The number of rotatable bonds is 5. The quantitative estimate of drug-likeness (QED) is 0.911. The molecule has 0 aliphatic carbocycles. The molecule has 0 heterocycles. The number of hydrogen-bond acceptors (Lipinski definition) is 3. The van der Waals surface area contributed by atoms with Crippen molar-refractivity contribution in [3.8, 4) is 11.5 Å². The fourth-order valence-corrected chi connectivity index (χ4v) is 2.26. The fourth-order valence-electron chi connectivity index (χ4n) is 2.01. The minimum absolute atomic E-state index is 0.209. The molecule has 0 bridgehead atoms. The molecule has 0 aromatic heterocycles. The molecule has 0 saturated carbocycles. The van der Waals surface area contributed by atoms with Gasteiger partial charge in [-0.1, -0.05) is 41.9 Å². The lowest BCUT2D eigenvalue weighted by Crippen LogP contribution is -2.29. The maximum Gasteiger partial charge on any atom is 0.162 e. The molecule has 4 heteroatoms. The number of para-hydroxylation sites is 2. The van der Waals surface area contributed by atoms with E-state index >= 15 is 0 Å². The normalized spacial score (nSPS) is 13.6. The molecule has 20 heavy (non-hydrogen) atoms. The Morgan fingerprint density at radius 2 is 1.60 bits per heavy atom. The van der Waals surface area contributed by atoms with Gasteiger partial charge in [0.1, 0.15) is 6.10 Å². The predicted molar refractivity (Wildman–Crippen MR) is 81.5 cm³/mol. The molecule has 0 spiro atoms. The van der Waals surface area contributed by atoms with E-state index in [9.17, 15) is 0 Å². The fraction of sp³-hybridized carbons (Fsp3) is 0.250. The number of halogens is 1. The maximum absolute atomic E-state index is 6.24. The number of nitrogens with two attached hydrogens (primary N) is 1. The Balaban J connectivity index is 2.34. The molecule has 2 rings (SSSR count). The molecular formula is C16H18ClNO2. The summed E-state index contributed by atoms with van der Waals surface area (Å²) in [7, 11) is 1.61. The molecule has 0 saturated heterocycles. The van der Waals surface area contributed by atoms with Crippen molar-refractivity contribution in [2.75, 3.05) is 7.11 Å². The van der Waals surface area contributed by atoms with Gasteiger partial charge in [0.05, 0.1) is 7.11 Å². The molecule has 2 N–H and O–H groups in total. The molecule has 3 nitrogen and oxygen atoms in total. The molecule has 2 aromatic carbocycles. The van der Waals surface area contributed by atoms with Crippen molar-refractivity contribution in [3.63, 3.8) is 0 Å². The van der Waals surface area contributed by atoms with Crippen molar-refractivity contribution in [1.82, 2.24) is 0 Å². The van der Waals surface area contributed by atoms with Crippen LogP contribution in [0.3, 0.4) is 0 Å². The van der Waals surface area contributed by atoms with Crippen LogP contribution in [0.5, 0.6) is 11.5 Å². The van der Waals surface area contributed by atoms with Gasteiger partial charge < -0.3 is 15.2 Å². The van der Waals surface area contributed by atoms with Gasteiger partial charge in [-0.05, 0) is 25.1 Å². The highest BCUT2D eigenvalue weighted by molar-refractivity contribution is 6.31. The zero-order chi connectivity index (χ0) is 14.5. The summed E-state index contributed by atoms with van der Waals surface area (Å²) in [4.78, 5) is 0. The van der Waals surface area contributed by atoms with Crippen LogP contribution in [0.1, 0.15) is 18.6 Å². The third-order valence-electron chi connectivity index (χ3n) is 3.01. The maximum atomic E-state index is 6.24. The smallest absolute Gasteiger partial charge is 0.162 e. The van der Waals surface area contributed by atoms with E-state index in [4.69, 9.17) is 26.8 Å². The van der Waals surface area contributed by atoms with Gasteiger partial charge in [-0.3, -0.25) is 0 Å². The molecular weight excluding hydrogens is 274 g/mol. The molecule has 2 unspecified atom stereocenters. The van der Waals surface area contributed by atoms with Crippen LogP contribution in [0, 0.1) is 0 Å². The Morgan fingerprint density at radius 1 is 1.00 bits per heavy atom. The van der Waals surface area contributed by atoms with E-state index in [0.717, 1.165) is 5.56 Å². The molecule has 106 valence electrons. The summed E-state index contributed by atoms with van der Waals surface area (Å²) in [5.41, 5.74) is 6.92. The van der Waals surface area contributed by atoms with Gasteiger partial charge >= 0.3 is 0 Å². The summed E-state index contributed by atoms with van der Waals surface area (Å²) >= 11 is 6.24. The number of methoxy groups -OCH3 is 1. The second-order valence-corrected chi connectivity index (χ2v) is 4.98. The van der Waals surface area contributed by atoms with E-state index in [0.29, 0.717) is 16.5 Å². The predicted octanol–water partition coefficient (Wildman–Crippen LogP) is 3.82. The van der Waals surface area contributed by atoms with E-state index in [-0.39, 0.29) is 12.1 Å². The van der Waals surface area contributed by atoms with Crippen molar-refractivity contribution >= 4 is 11.6 Å². The Bertz CT molecular complexity index is 572. The van der Waals surface area contributed by atoms with Crippen LogP contribution in [0.4, 0.5) is 0 Å². The monoisotopic (exact) mass is 291 g/mol. The third kappa shape index (κ3) is 3.24. The van der Waals surface area contributed by atoms with Crippen molar-refractivity contribution in [2.45, 2.75) is 19.1 Å². The second-order valence-electron chi connectivity index (χ2n) is 4.57. The summed E-state index contributed by atoms with van der Waals surface area (Å²) in [6, 6.07) is 14.8. The SMILES string of the molecule is COc1ccccc1OC(c1ccccc1Cl)C(C)N. The molecule has 0 amide bonds. The van der Waals surface area contributed by atoms with Gasteiger partial charge in [0, 0.05) is 16.6 Å². The van der Waals surface area contributed by atoms with Crippen LogP contribution >= 0.6 is 11.6 Å². The Kier molecular flexibility index (Phi) is 4.88. The van der Waals surface area contributed by atoms with E-state index in [1.165, 1.54) is 0 Å². The van der Waals surface area contributed by atoms with Crippen molar-refractivity contribution in [2.24, 2.45) is 5.73 Å². The summed E-state index contributed by atoms with van der Waals surface area (Å²) in [6.45, 7) is 1.89. The first-order valence-corrected chi connectivity index (χ1v) is 6.81. The highest BCUT2D eigenvalue weighted by Crippen LogP contribution is 2.34. The lowest BCUT2D eigenvalue weighted by Gasteiger charge is -2.24. The van der Waals surface area contributed by atoms with E-state index in [1.54, 1.807) is 7.11 Å². The van der Waals surface area contributed by atoms with E-state index in [2.05, 4.69) is 0 Å². The van der Waals surface area contributed by atoms with Crippen LogP contribution in [0.2, 0.25) is 5.02 Å². The average Bonchev–Trinajstić information content (AvgIpc) is 2.46. The van der Waals surface area contributed by atoms with E-state index < -0.39 is 0 Å². The van der Waals surface area contributed by atoms with Crippen LogP contribution in [0.25, 0.3) is 0 Å². The summed E-state index contributed by atoms with van der Waals surface area (Å²) in [5.74, 6) is 1.32. The lowest BCUT2D eigenvalue weighted by molar-refractivity contribution is 0.173. The van der Waals surface area contributed by atoms with Crippen molar-refractivity contribution < 1.29 is 9.47 Å². The first kappa shape index (κ1) is 14.7. The van der Waals surface area contributed by atoms with Gasteiger partial charge in [0.25, 0.3) is 0 Å². The van der Waals surface area contributed by atoms with Crippen LogP contribution in [-0.2, 0) is 0 Å². The zero-order valence-electron chi connectivity index (χ0n) is 11.5. The first-order chi connectivity index (χ1) is 9.63. The number of ether oxygens (including phenoxy) is 2. The lowest BCUT2D eigenvalue weighted by atomic mass is 10.0. The minimum atomic E-state index is -0.333. The van der Waals surface area contributed by atoms with Crippen LogP contribution < -0.4 is 15.2 Å². The molecule has 0 aliphatic rings. The topological polar surface area (TPSA) is 44.5 Å². The Morgan fingerprint density at radius 3 is 2.20 bits per heavy atom. The number of hydrogen-bond donors (Lipinski definition) is 1. The van der Waals surface area contributed by atoms with E-state index in [1.807, 2.05) is 55.5 Å². The number of benzene rings is 2. The van der Waals surface area contributed by atoms with Gasteiger partial charge in [-0.2, -0.15) is 0 Å². The Labute approximate surface area is 124 Å². The summed E-state index contributed by atoms with van der Waals surface area (Å²) in [6.07, 6.45) is -0.333. The largest absolute Gasteiger partial charge is 0.493 e. The highest BCUT2D eigenvalue weighted by Gasteiger charge is 2.22. The molecule has 0 radical (unpaired) electrons. The third-order valence-corrected chi connectivity index (χ3v) is 3.36. The second kappa shape index (κ2) is 6.64. The van der Waals surface area contributed by atoms with Crippen LogP contribution in [0.15, 0.2) is 48.5 Å². The first-order valence-electron chi connectivity index (χ1n) is 6.43. The van der Waals surface area contributed by atoms with Crippen LogP contribution in [-0.4, -0.2) is 13.2 Å². The van der Waals surface area contributed by atoms with Gasteiger partial charge in [-0.25, -0.2) is 0 Å². The average molecular weight is 292 g/mol. The molecule has 2 atom stereocenters. The van der Waals surface area contributed by atoms with Crippen molar-refractivity contribution in [3.05, 3.63) is 59.1 Å². The highest BCUT2D eigenvalue weighted by atomic mass is 35.5. The van der Waals surface area contributed by atoms with Gasteiger partial charge in [0.15, 0.2) is 11.5 Å². The summed E-state index contributed by atoms with van der Waals surface area (Å²) in [5, 5.41) is 0.643. The zero-order valence-corrected chi connectivity index (χ0v) is 12.3. The molecule has 0 aliphatic heterocycles.